The Morgan fingerprint density at radius 2 is 1.92 bits per heavy atom. The quantitative estimate of drug-likeness (QED) is 0.791. The van der Waals surface area contributed by atoms with Gasteiger partial charge in [-0.05, 0) is 36.2 Å². The Balaban J connectivity index is 2.33. The van der Waals surface area contributed by atoms with Crippen molar-refractivity contribution in [2.24, 2.45) is 0 Å². The molecule has 0 aliphatic carbocycles. The van der Waals surface area contributed by atoms with Crippen LogP contribution in [-0.2, 0) is 14.8 Å². The standard InChI is InChI=1S/C17H19FN2O4S/c1-10(17(21)20-25(3,22)23)11-4-6-13(14(18)8-11)12-5-7-15(19)16(9-12)24-2/h4-10H,19H2,1-3H3,(H,20,21). The molecule has 3 N–H and O–H groups in total. The van der Waals surface area contributed by atoms with Crippen LogP contribution in [0.3, 0.4) is 0 Å². The van der Waals surface area contributed by atoms with Crippen molar-refractivity contribution in [3.05, 3.63) is 47.8 Å². The van der Waals surface area contributed by atoms with E-state index < -0.39 is 27.7 Å². The van der Waals surface area contributed by atoms with E-state index in [0.717, 1.165) is 6.26 Å². The van der Waals surface area contributed by atoms with Crippen LogP contribution in [-0.4, -0.2) is 27.7 Å². The van der Waals surface area contributed by atoms with E-state index in [4.69, 9.17) is 10.5 Å². The Labute approximate surface area is 145 Å². The van der Waals surface area contributed by atoms with Gasteiger partial charge in [-0.2, -0.15) is 0 Å². The summed E-state index contributed by atoms with van der Waals surface area (Å²) in [6.45, 7) is 1.50. The first-order chi connectivity index (χ1) is 11.6. The van der Waals surface area contributed by atoms with Gasteiger partial charge >= 0.3 is 0 Å². The van der Waals surface area contributed by atoms with Crippen LogP contribution in [0.4, 0.5) is 10.1 Å². The predicted octanol–water partition coefficient (Wildman–Crippen LogP) is 2.26. The number of halogens is 1. The molecule has 1 amide bonds. The third-order valence-corrected chi connectivity index (χ3v) is 4.29. The number of amides is 1. The van der Waals surface area contributed by atoms with E-state index in [0.29, 0.717) is 28.1 Å². The number of anilines is 1. The van der Waals surface area contributed by atoms with Crippen LogP contribution in [0.2, 0.25) is 0 Å². The van der Waals surface area contributed by atoms with Gasteiger partial charge in [-0.25, -0.2) is 12.8 Å². The molecule has 0 radical (unpaired) electrons. The van der Waals surface area contributed by atoms with Crippen LogP contribution >= 0.6 is 0 Å². The molecule has 0 saturated carbocycles. The number of hydrogen-bond acceptors (Lipinski definition) is 5. The molecule has 6 nitrogen and oxygen atoms in total. The maximum absolute atomic E-state index is 14.5. The van der Waals surface area contributed by atoms with Gasteiger partial charge in [0.2, 0.25) is 15.9 Å². The summed E-state index contributed by atoms with van der Waals surface area (Å²) < 4.78 is 43.8. The molecule has 0 spiro atoms. The molecule has 0 saturated heterocycles. The summed E-state index contributed by atoms with van der Waals surface area (Å²) in [6.07, 6.45) is 0.885. The fourth-order valence-corrected chi connectivity index (χ4v) is 2.88. The van der Waals surface area contributed by atoms with E-state index in [9.17, 15) is 17.6 Å². The highest BCUT2D eigenvalue weighted by Crippen LogP contribution is 2.31. The fourth-order valence-electron chi connectivity index (χ4n) is 2.34. The van der Waals surface area contributed by atoms with Gasteiger partial charge in [0, 0.05) is 5.56 Å². The van der Waals surface area contributed by atoms with Crippen molar-refractivity contribution in [2.75, 3.05) is 19.1 Å². The minimum atomic E-state index is -3.67. The van der Waals surface area contributed by atoms with E-state index >= 15 is 0 Å². The molecule has 0 heterocycles. The van der Waals surface area contributed by atoms with E-state index in [-0.39, 0.29) is 0 Å². The molecular weight excluding hydrogens is 347 g/mol. The summed E-state index contributed by atoms with van der Waals surface area (Å²) >= 11 is 0. The van der Waals surface area contributed by atoms with Gasteiger partial charge in [0.05, 0.1) is 25.0 Å². The molecule has 2 aromatic rings. The molecule has 25 heavy (non-hydrogen) atoms. The number of nitrogens with two attached hydrogens (primary N) is 1. The second-order valence-electron chi connectivity index (χ2n) is 5.66. The molecule has 0 fully saturated rings. The molecule has 0 aliphatic rings. The topological polar surface area (TPSA) is 98.5 Å². The maximum Gasteiger partial charge on any atom is 0.240 e. The highest BCUT2D eigenvalue weighted by molar-refractivity contribution is 7.89. The van der Waals surface area contributed by atoms with Crippen molar-refractivity contribution in [2.45, 2.75) is 12.8 Å². The van der Waals surface area contributed by atoms with Gasteiger partial charge in [0.25, 0.3) is 0 Å². The molecule has 1 unspecified atom stereocenters. The second-order valence-corrected chi connectivity index (χ2v) is 7.40. The molecule has 0 bridgehead atoms. The highest BCUT2D eigenvalue weighted by atomic mass is 32.2. The first-order valence-electron chi connectivity index (χ1n) is 7.37. The van der Waals surface area contributed by atoms with Crippen molar-refractivity contribution in [1.82, 2.24) is 4.72 Å². The Morgan fingerprint density at radius 3 is 2.48 bits per heavy atom. The van der Waals surface area contributed by atoms with E-state index in [1.54, 1.807) is 24.3 Å². The minimum absolute atomic E-state index is 0.317. The molecule has 0 aliphatic heterocycles. The number of benzene rings is 2. The van der Waals surface area contributed by atoms with Gasteiger partial charge in [-0.15, -0.1) is 0 Å². The first-order valence-corrected chi connectivity index (χ1v) is 9.26. The zero-order chi connectivity index (χ0) is 18.8. The number of sulfonamides is 1. The SMILES string of the molecule is COc1cc(-c2ccc(C(C)C(=O)NS(C)(=O)=O)cc2F)ccc1N. The molecule has 2 aromatic carbocycles. The average molecular weight is 366 g/mol. The molecule has 134 valence electrons. The van der Waals surface area contributed by atoms with E-state index in [1.807, 2.05) is 4.72 Å². The number of rotatable bonds is 5. The lowest BCUT2D eigenvalue weighted by molar-refractivity contribution is -0.120. The van der Waals surface area contributed by atoms with E-state index in [1.165, 1.54) is 26.2 Å². The summed E-state index contributed by atoms with van der Waals surface area (Å²) in [4.78, 5) is 11.9. The van der Waals surface area contributed by atoms with E-state index in [2.05, 4.69) is 0 Å². The monoisotopic (exact) mass is 366 g/mol. The lowest BCUT2D eigenvalue weighted by atomic mass is 9.96. The molecular formula is C17H19FN2O4S. The predicted molar refractivity (Wildman–Crippen MR) is 94.2 cm³/mol. The zero-order valence-electron chi connectivity index (χ0n) is 14.0. The van der Waals surface area contributed by atoms with Crippen molar-refractivity contribution < 1.29 is 22.3 Å². The smallest absolute Gasteiger partial charge is 0.240 e. The normalized spacial score (nSPS) is 12.5. The molecule has 8 heteroatoms. The fraction of sp³-hybridized carbons (Fsp3) is 0.235. The number of hydrogen-bond donors (Lipinski definition) is 2. The number of nitrogen functional groups attached to an aromatic ring is 1. The third kappa shape index (κ3) is 4.48. The molecule has 2 rings (SSSR count). The Morgan fingerprint density at radius 1 is 1.24 bits per heavy atom. The van der Waals surface area contributed by atoms with Crippen molar-refractivity contribution >= 4 is 21.6 Å². The number of nitrogens with one attached hydrogen (secondary N) is 1. The van der Waals surface area contributed by atoms with Crippen LogP contribution in [0.5, 0.6) is 5.75 Å². The van der Waals surface area contributed by atoms with Crippen molar-refractivity contribution in [1.29, 1.82) is 0 Å². The second kappa shape index (κ2) is 7.10. The van der Waals surface area contributed by atoms with Crippen molar-refractivity contribution in [3.63, 3.8) is 0 Å². The average Bonchev–Trinajstić information content (AvgIpc) is 2.53. The summed E-state index contributed by atoms with van der Waals surface area (Å²) in [6, 6.07) is 9.21. The van der Waals surface area contributed by atoms with Gasteiger partial charge < -0.3 is 10.5 Å². The highest BCUT2D eigenvalue weighted by Gasteiger charge is 2.20. The van der Waals surface area contributed by atoms with Gasteiger partial charge in [-0.1, -0.05) is 18.2 Å². The van der Waals surface area contributed by atoms with Crippen LogP contribution in [0.25, 0.3) is 11.1 Å². The minimum Gasteiger partial charge on any atom is -0.495 e. The Kier molecular flexibility index (Phi) is 5.32. The number of methoxy groups -OCH3 is 1. The third-order valence-electron chi connectivity index (χ3n) is 3.72. The first kappa shape index (κ1) is 18.7. The summed E-state index contributed by atoms with van der Waals surface area (Å²) in [7, 11) is -2.20. The van der Waals surface area contributed by atoms with Gasteiger partial charge in [-0.3, -0.25) is 9.52 Å². The molecule has 0 aromatic heterocycles. The number of carbonyl (C=O) groups is 1. The van der Waals surface area contributed by atoms with Gasteiger partial charge in [0.1, 0.15) is 11.6 Å². The van der Waals surface area contributed by atoms with Gasteiger partial charge in [0.15, 0.2) is 0 Å². The summed E-state index contributed by atoms with van der Waals surface area (Å²) in [5, 5.41) is 0. The molecule has 1 atom stereocenters. The summed E-state index contributed by atoms with van der Waals surface area (Å²) in [5.41, 5.74) is 7.45. The maximum atomic E-state index is 14.5. The number of carbonyl (C=O) groups excluding carboxylic acids is 1. The summed E-state index contributed by atoms with van der Waals surface area (Å²) in [5.74, 6) is -1.65. The van der Waals surface area contributed by atoms with Crippen LogP contribution in [0, 0.1) is 5.82 Å². The lowest BCUT2D eigenvalue weighted by Gasteiger charge is -2.13. The van der Waals surface area contributed by atoms with Crippen LogP contribution in [0.15, 0.2) is 36.4 Å². The van der Waals surface area contributed by atoms with Crippen LogP contribution < -0.4 is 15.2 Å². The van der Waals surface area contributed by atoms with Crippen molar-refractivity contribution in [3.8, 4) is 16.9 Å². The Hall–Kier alpha value is -2.61. The largest absolute Gasteiger partial charge is 0.495 e. The van der Waals surface area contributed by atoms with Crippen LogP contribution in [0.1, 0.15) is 18.4 Å². The zero-order valence-corrected chi connectivity index (χ0v) is 14.9. The number of ether oxygens (including phenoxy) is 1. The Bertz CT molecular complexity index is 913. The lowest BCUT2D eigenvalue weighted by Crippen LogP contribution is -2.32.